The van der Waals surface area contributed by atoms with Crippen molar-refractivity contribution in [2.45, 2.75) is 31.3 Å². The smallest absolute Gasteiger partial charge is 0.262 e. The van der Waals surface area contributed by atoms with Crippen LogP contribution in [0.4, 0.5) is 0 Å². The summed E-state index contributed by atoms with van der Waals surface area (Å²) in [6, 6.07) is 7.15. The molecule has 7 nitrogen and oxygen atoms in total. The maximum atomic E-state index is 12.5. The Balaban J connectivity index is 1.64. The van der Waals surface area contributed by atoms with Crippen LogP contribution in [0.25, 0.3) is 0 Å². The third-order valence-corrected chi connectivity index (χ3v) is 5.15. The van der Waals surface area contributed by atoms with Crippen molar-refractivity contribution < 1.29 is 19.2 Å². The minimum Gasteiger partial charge on any atom is -0.349 e. The number of imide groups is 1. The zero-order chi connectivity index (χ0) is 18.0. The van der Waals surface area contributed by atoms with Crippen molar-refractivity contribution in [3.05, 3.63) is 35.4 Å². The number of nitriles is 1. The predicted molar refractivity (Wildman–Crippen MR) is 89.6 cm³/mol. The van der Waals surface area contributed by atoms with Gasteiger partial charge in [-0.3, -0.25) is 24.1 Å². The van der Waals surface area contributed by atoms with Crippen LogP contribution in [0.2, 0.25) is 0 Å². The second-order valence-corrected chi connectivity index (χ2v) is 6.91. The van der Waals surface area contributed by atoms with Crippen LogP contribution in [-0.4, -0.2) is 45.6 Å². The number of amides is 3. The van der Waals surface area contributed by atoms with Crippen LogP contribution in [0.3, 0.4) is 0 Å². The largest absolute Gasteiger partial charge is 0.349 e. The number of thioether (sulfide) groups is 1. The molecule has 1 saturated heterocycles. The second kappa shape index (κ2) is 7.07. The second-order valence-electron chi connectivity index (χ2n) is 5.75. The summed E-state index contributed by atoms with van der Waals surface area (Å²) in [5, 5.41) is 11.1. The Morgan fingerprint density at radius 2 is 1.84 bits per heavy atom. The molecule has 0 saturated carbocycles. The standard InChI is InChI=1S/C17H15N3O4S/c18-8-3-9-25-13(21)7-6-12-14(15(22)19-12)20-16(23)10-4-1-2-5-11(10)17(20)24/h1-2,4-5,12,14H,3,6-7,9H2,(H,19,22)/t12-,14-/m1/s1. The maximum Gasteiger partial charge on any atom is 0.262 e. The first-order valence-corrected chi connectivity index (χ1v) is 8.83. The maximum absolute atomic E-state index is 12.5. The number of hydrogen-bond donors (Lipinski definition) is 1. The SMILES string of the molecule is N#CCCSC(=O)CC[C@H]1NC(=O)[C@@H]1N1C(=O)c2ccccc2C1=O. The molecule has 0 radical (unpaired) electrons. The number of carbonyl (C=O) groups excluding carboxylic acids is 4. The predicted octanol–water partition coefficient (Wildman–Crippen LogP) is 1.10. The van der Waals surface area contributed by atoms with Crippen LogP contribution in [0.5, 0.6) is 0 Å². The minimum absolute atomic E-state index is 0.0717. The minimum atomic E-state index is -0.871. The Morgan fingerprint density at radius 3 is 2.40 bits per heavy atom. The fourth-order valence-corrected chi connectivity index (χ4v) is 3.66. The van der Waals surface area contributed by atoms with Gasteiger partial charge in [-0.15, -0.1) is 0 Å². The number of fused-ring (bicyclic) bond motifs is 1. The number of nitrogens with one attached hydrogen (secondary N) is 1. The molecule has 0 unspecified atom stereocenters. The summed E-state index contributed by atoms with van der Waals surface area (Å²) in [4.78, 5) is 49.7. The van der Waals surface area contributed by atoms with Crippen LogP contribution in [-0.2, 0) is 9.59 Å². The van der Waals surface area contributed by atoms with E-state index in [1.165, 1.54) is 0 Å². The van der Waals surface area contributed by atoms with Gasteiger partial charge in [0.25, 0.3) is 11.8 Å². The number of rotatable bonds is 6. The van der Waals surface area contributed by atoms with Crippen molar-refractivity contribution >= 4 is 34.6 Å². The van der Waals surface area contributed by atoms with Gasteiger partial charge in [0.2, 0.25) is 5.91 Å². The molecule has 0 spiro atoms. The molecule has 2 heterocycles. The lowest BCUT2D eigenvalue weighted by Gasteiger charge is -2.41. The topological polar surface area (TPSA) is 107 Å². The van der Waals surface area contributed by atoms with Crippen LogP contribution < -0.4 is 5.32 Å². The summed E-state index contributed by atoms with van der Waals surface area (Å²) in [5.41, 5.74) is 0.600. The van der Waals surface area contributed by atoms with Crippen LogP contribution >= 0.6 is 11.8 Å². The van der Waals surface area contributed by atoms with Gasteiger partial charge in [-0.2, -0.15) is 5.26 Å². The molecule has 2 aliphatic heterocycles. The number of carbonyl (C=O) groups is 4. The summed E-state index contributed by atoms with van der Waals surface area (Å²) < 4.78 is 0. The van der Waals surface area contributed by atoms with Crippen LogP contribution in [0, 0.1) is 11.3 Å². The van der Waals surface area contributed by atoms with E-state index in [1.807, 2.05) is 6.07 Å². The van der Waals surface area contributed by atoms with E-state index in [0.717, 1.165) is 16.7 Å². The molecule has 1 aromatic carbocycles. The molecule has 0 bridgehead atoms. The van der Waals surface area contributed by atoms with Gasteiger partial charge in [0, 0.05) is 18.6 Å². The molecule has 2 aliphatic rings. The summed E-state index contributed by atoms with van der Waals surface area (Å²) in [5.74, 6) is -0.891. The highest BCUT2D eigenvalue weighted by Gasteiger charge is 2.51. The lowest BCUT2D eigenvalue weighted by molar-refractivity contribution is -0.135. The Kier molecular flexibility index (Phi) is 4.86. The van der Waals surface area contributed by atoms with Gasteiger partial charge >= 0.3 is 0 Å². The van der Waals surface area contributed by atoms with E-state index >= 15 is 0 Å². The molecule has 3 rings (SSSR count). The Morgan fingerprint density at radius 1 is 1.20 bits per heavy atom. The fraction of sp³-hybridized carbons (Fsp3) is 0.353. The van der Waals surface area contributed by atoms with E-state index in [9.17, 15) is 19.2 Å². The quantitative estimate of drug-likeness (QED) is 0.464. The van der Waals surface area contributed by atoms with Gasteiger partial charge in [0.05, 0.1) is 23.2 Å². The van der Waals surface area contributed by atoms with Crippen molar-refractivity contribution in [1.29, 1.82) is 5.26 Å². The molecule has 25 heavy (non-hydrogen) atoms. The van der Waals surface area contributed by atoms with Gasteiger partial charge in [-0.1, -0.05) is 23.9 Å². The van der Waals surface area contributed by atoms with Crippen molar-refractivity contribution in [1.82, 2.24) is 10.2 Å². The molecule has 0 aromatic heterocycles. The average molecular weight is 357 g/mol. The lowest BCUT2D eigenvalue weighted by atomic mass is 9.93. The van der Waals surface area contributed by atoms with Crippen molar-refractivity contribution in [2.75, 3.05) is 5.75 Å². The van der Waals surface area contributed by atoms with E-state index in [0.29, 0.717) is 29.7 Å². The molecule has 8 heteroatoms. The number of β-lactam (4-membered cyclic amide) rings is 1. The van der Waals surface area contributed by atoms with Crippen molar-refractivity contribution in [3.8, 4) is 6.07 Å². The van der Waals surface area contributed by atoms with Crippen LogP contribution in [0.1, 0.15) is 40.0 Å². The zero-order valence-electron chi connectivity index (χ0n) is 13.2. The molecular formula is C17H15N3O4S. The molecule has 1 fully saturated rings. The first kappa shape index (κ1) is 17.2. The molecule has 3 amide bonds. The molecule has 128 valence electrons. The molecular weight excluding hydrogens is 342 g/mol. The number of benzene rings is 1. The van der Waals surface area contributed by atoms with Gasteiger partial charge in [-0.25, -0.2) is 0 Å². The normalized spacial score (nSPS) is 21.4. The summed E-state index contributed by atoms with van der Waals surface area (Å²) in [6.45, 7) is 0. The Hall–Kier alpha value is -2.66. The van der Waals surface area contributed by atoms with E-state index in [2.05, 4.69) is 5.32 Å². The summed E-state index contributed by atoms with van der Waals surface area (Å²) in [7, 11) is 0. The monoisotopic (exact) mass is 357 g/mol. The third-order valence-electron chi connectivity index (χ3n) is 4.22. The summed E-state index contributed by atoms with van der Waals surface area (Å²) in [6.07, 6.45) is 0.858. The first-order chi connectivity index (χ1) is 12.0. The third kappa shape index (κ3) is 3.15. The highest BCUT2D eigenvalue weighted by Crippen LogP contribution is 2.29. The lowest BCUT2D eigenvalue weighted by Crippen LogP contribution is -2.70. The Bertz CT molecular complexity index is 766. The average Bonchev–Trinajstić information content (AvgIpc) is 2.84. The zero-order valence-corrected chi connectivity index (χ0v) is 14.0. The Labute approximate surface area is 148 Å². The van der Waals surface area contributed by atoms with E-state index in [-0.39, 0.29) is 17.4 Å². The van der Waals surface area contributed by atoms with Gasteiger partial charge in [0.1, 0.15) is 6.04 Å². The highest BCUT2D eigenvalue weighted by atomic mass is 32.2. The van der Waals surface area contributed by atoms with E-state index < -0.39 is 23.9 Å². The van der Waals surface area contributed by atoms with E-state index in [1.54, 1.807) is 24.3 Å². The number of hydrogen-bond acceptors (Lipinski definition) is 6. The first-order valence-electron chi connectivity index (χ1n) is 7.84. The molecule has 1 N–H and O–H groups in total. The number of nitrogens with zero attached hydrogens (tertiary/aromatic N) is 2. The van der Waals surface area contributed by atoms with Gasteiger partial charge in [-0.05, 0) is 18.6 Å². The molecule has 0 aliphatic carbocycles. The van der Waals surface area contributed by atoms with Crippen LogP contribution in [0.15, 0.2) is 24.3 Å². The highest BCUT2D eigenvalue weighted by molar-refractivity contribution is 8.13. The molecule has 2 atom stereocenters. The van der Waals surface area contributed by atoms with Gasteiger partial charge in [0.15, 0.2) is 5.12 Å². The fourth-order valence-electron chi connectivity index (χ4n) is 2.98. The van der Waals surface area contributed by atoms with Crippen molar-refractivity contribution in [2.24, 2.45) is 0 Å². The van der Waals surface area contributed by atoms with Gasteiger partial charge < -0.3 is 5.32 Å². The summed E-state index contributed by atoms with van der Waals surface area (Å²) >= 11 is 1.08. The van der Waals surface area contributed by atoms with E-state index in [4.69, 9.17) is 5.26 Å². The van der Waals surface area contributed by atoms with Crippen molar-refractivity contribution in [3.63, 3.8) is 0 Å². The molecule has 1 aromatic rings.